The monoisotopic (exact) mass is 279 g/mol. The molecule has 1 saturated carbocycles. The van der Waals surface area contributed by atoms with Gasteiger partial charge in [-0.15, -0.1) is 0 Å². The Kier molecular flexibility index (Phi) is 4.21. The summed E-state index contributed by atoms with van der Waals surface area (Å²) >= 11 is 1.84. The zero-order chi connectivity index (χ0) is 14.2. The standard InChI is InChI=1S/C15H25N3S/c1-9-10(2)17-14(18-11(9)3)19-12-7-8-15(4,5)13(12)16-6/h12-13,16H,7-8H2,1-6H3. The van der Waals surface area contributed by atoms with Crippen molar-refractivity contribution < 1.29 is 0 Å². The minimum atomic E-state index is 0.362. The molecule has 0 aromatic carbocycles. The molecule has 3 nitrogen and oxygen atoms in total. The summed E-state index contributed by atoms with van der Waals surface area (Å²) in [4.78, 5) is 9.28. The van der Waals surface area contributed by atoms with Crippen LogP contribution in [0.15, 0.2) is 5.16 Å². The molecule has 1 N–H and O–H groups in total. The Hall–Kier alpha value is -0.610. The zero-order valence-corrected chi connectivity index (χ0v) is 13.7. The van der Waals surface area contributed by atoms with Crippen molar-refractivity contribution in [3.05, 3.63) is 17.0 Å². The van der Waals surface area contributed by atoms with Crippen molar-refractivity contribution in [2.45, 2.75) is 63.9 Å². The molecule has 1 fully saturated rings. The first-order chi connectivity index (χ1) is 8.85. The molecule has 0 saturated heterocycles. The lowest BCUT2D eigenvalue weighted by atomic mass is 9.87. The van der Waals surface area contributed by atoms with Crippen LogP contribution in [0.25, 0.3) is 0 Å². The molecule has 0 radical (unpaired) electrons. The first-order valence-electron chi connectivity index (χ1n) is 7.01. The molecule has 1 aromatic heterocycles. The fraction of sp³-hybridized carbons (Fsp3) is 0.733. The number of thioether (sulfide) groups is 1. The highest BCUT2D eigenvalue weighted by Crippen LogP contribution is 2.44. The van der Waals surface area contributed by atoms with Crippen LogP contribution in [0, 0.1) is 26.2 Å². The molecule has 2 rings (SSSR count). The van der Waals surface area contributed by atoms with Crippen molar-refractivity contribution in [3.63, 3.8) is 0 Å². The Morgan fingerprint density at radius 3 is 2.26 bits per heavy atom. The number of hydrogen-bond acceptors (Lipinski definition) is 4. The average molecular weight is 279 g/mol. The van der Waals surface area contributed by atoms with E-state index in [0.29, 0.717) is 16.7 Å². The highest BCUT2D eigenvalue weighted by molar-refractivity contribution is 7.99. The summed E-state index contributed by atoms with van der Waals surface area (Å²) in [6.45, 7) is 10.9. The summed E-state index contributed by atoms with van der Waals surface area (Å²) in [6, 6.07) is 0.531. The van der Waals surface area contributed by atoms with Gasteiger partial charge < -0.3 is 5.32 Å². The molecule has 1 aliphatic carbocycles. The van der Waals surface area contributed by atoms with Gasteiger partial charge in [-0.2, -0.15) is 0 Å². The van der Waals surface area contributed by atoms with Gasteiger partial charge >= 0.3 is 0 Å². The molecule has 0 aliphatic heterocycles. The van der Waals surface area contributed by atoms with Gasteiger partial charge in [0.2, 0.25) is 0 Å². The number of hydrogen-bond donors (Lipinski definition) is 1. The van der Waals surface area contributed by atoms with Crippen LogP contribution < -0.4 is 5.32 Å². The van der Waals surface area contributed by atoms with Crippen LogP contribution in [0.4, 0.5) is 0 Å². The Morgan fingerprint density at radius 1 is 1.16 bits per heavy atom. The van der Waals surface area contributed by atoms with Crippen LogP contribution in [0.1, 0.15) is 43.6 Å². The lowest BCUT2D eigenvalue weighted by molar-refractivity contribution is 0.300. The van der Waals surface area contributed by atoms with Gasteiger partial charge in [0.25, 0.3) is 0 Å². The second kappa shape index (κ2) is 5.41. The normalized spacial score (nSPS) is 25.8. The minimum absolute atomic E-state index is 0.362. The maximum atomic E-state index is 4.64. The lowest BCUT2D eigenvalue weighted by Crippen LogP contribution is -2.41. The average Bonchev–Trinajstić information content (AvgIpc) is 2.61. The quantitative estimate of drug-likeness (QED) is 0.862. The summed E-state index contributed by atoms with van der Waals surface area (Å²) < 4.78 is 0. The summed E-state index contributed by atoms with van der Waals surface area (Å²) in [5.41, 5.74) is 3.78. The zero-order valence-electron chi connectivity index (χ0n) is 12.9. The second-order valence-electron chi connectivity index (χ2n) is 6.25. The smallest absolute Gasteiger partial charge is 0.188 e. The third-order valence-electron chi connectivity index (χ3n) is 4.47. The van der Waals surface area contributed by atoms with Crippen molar-refractivity contribution >= 4 is 11.8 Å². The van der Waals surface area contributed by atoms with Crippen molar-refractivity contribution in [1.29, 1.82) is 0 Å². The van der Waals surface area contributed by atoms with Crippen LogP contribution in [0.2, 0.25) is 0 Å². The Morgan fingerprint density at radius 2 is 1.74 bits per heavy atom. The highest BCUT2D eigenvalue weighted by atomic mass is 32.2. The van der Waals surface area contributed by atoms with Gasteiger partial charge in [-0.1, -0.05) is 25.6 Å². The van der Waals surface area contributed by atoms with E-state index in [1.165, 1.54) is 18.4 Å². The van der Waals surface area contributed by atoms with Gasteiger partial charge in [0, 0.05) is 22.7 Å². The molecular weight excluding hydrogens is 254 g/mol. The Bertz CT molecular complexity index is 447. The Balaban J connectivity index is 2.18. The van der Waals surface area contributed by atoms with E-state index in [1.54, 1.807) is 0 Å². The number of rotatable bonds is 3. The molecule has 2 unspecified atom stereocenters. The number of nitrogens with zero attached hydrogens (tertiary/aromatic N) is 2. The van der Waals surface area contributed by atoms with Crippen LogP contribution in [-0.4, -0.2) is 28.3 Å². The number of aromatic nitrogens is 2. The van der Waals surface area contributed by atoms with Crippen molar-refractivity contribution in [3.8, 4) is 0 Å². The summed E-state index contributed by atoms with van der Waals surface area (Å²) in [6.07, 6.45) is 2.50. The van der Waals surface area contributed by atoms with Gasteiger partial charge in [0.05, 0.1) is 0 Å². The largest absolute Gasteiger partial charge is 0.315 e. The van der Waals surface area contributed by atoms with Gasteiger partial charge in [0.1, 0.15) is 0 Å². The molecule has 19 heavy (non-hydrogen) atoms. The van der Waals surface area contributed by atoms with E-state index in [2.05, 4.69) is 57.0 Å². The lowest BCUT2D eigenvalue weighted by Gasteiger charge is -2.29. The van der Waals surface area contributed by atoms with Gasteiger partial charge in [-0.3, -0.25) is 0 Å². The van der Waals surface area contributed by atoms with Gasteiger partial charge in [0.15, 0.2) is 5.16 Å². The van der Waals surface area contributed by atoms with E-state index in [-0.39, 0.29) is 0 Å². The van der Waals surface area contributed by atoms with E-state index in [9.17, 15) is 0 Å². The van der Waals surface area contributed by atoms with Gasteiger partial charge in [-0.05, 0) is 51.6 Å². The van der Waals surface area contributed by atoms with Crippen LogP contribution >= 0.6 is 11.8 Å². The minimum Gasteiger partial charge on any atom is -0.315 e. The summed E-state index contributed by atoms with van der Waals surface area (Å²) in [5, 5.41) is 4.99. The van der Waals surface area contributed by atoms with Gasteiger partial charge in [-0.25, -0.2) is 9.97 Å². The third-order valence-corrected chi connectivity index (χ3v) is 5.67. The number of aryl methyl sites for hydroxylation is 2. The van der Waals surface area contributed by atoms with Crippen molar-refractivity contribution in [1.82, 2.24) is 15.3 Å². The topological polar surface area (TPSA) is 37.8 Å². The van der Waals surface area contributed by atoms with Crippen molar-refractivity contribution in [2.24, 2.45) is 5.41 Å². The molecule has 0 amide bonds. The predicted octanol–water partition coefficient (Wildman–Crippen LogP) is 3.27. The summed E-state index contributed by atoms with van der Waals surface area (Å²) in [5.74, 6) is 0. The highest BCUT2D eigenvalue weighted by Gasteiger charge is 2.41. The maximum absolute atomic E-state index is 4.64. The van der Waals surface area contributed by atoms with Crippen LogP contribution in [-0.2, 0) is 0 Å². The van der Waals surface area contributed by atoms with E-state index >= 15 is 0 Å². The molecule has 0 spiro atoms. The van der Waals surface area contributed by atoms with E-state index in [1.807, 2.05) is 11.8 Å². The predicted molar refractivity (Wildman–Crippen MR) is 81.8 cm³/mol. The van der Waals surface area contributed by atoms with Crippen molar-refractivity contribution in [2.75, 3.05) is 7.05 Å². The fourth-order valence-corrected chi connectivity index (χ4v) is 4.50. The molecule has 1 aliphatic rings. The van der Waals surface area contributed by atoms with E-state index in [0.717, 1.165) is 16.5 Å². The second-order valence-corrected chi connectivity index (χ2v) is 7.46. The first kappa shape index (κ1) is 14.8. The molecular formula is C15H25N3S. The van der Waals surface area contributed by atoms with E-state index < -0.39 is 0 Å². The van der Waals surface area contributed by atoms with E-state index in [4.69, 9.17) is 0 Å². The fourth-order valence-electron chi connectivity index (χ4n) is 2.97. The molecule has 2 atom stereocenters. The third kappa shape index (κ3) is 2.95. The molecule has 0 bridgehead atoms. The van der Waals surface area contributed by atoms with Crippen LogP contribution in [0.3, 0.4) is 0 Å². The molecule has 106 valence electrons. The first-order valence-corrected chi connectivity index (χ1v) is 7.89. The molecule has 4 heteroatoms. The summed E-state index contributed by atoms with van der Waals surface area (Å²) in [7, 11) is 2.07. The van der Waals surface area contributed by atoms with Crippen LogP contribution in [0.5, 0.6) is 0 Å². The maximum Gasteiger partial charge on any atom is 0.188 e. The number of nitrogens with one attached hydrogen (secondary N) is 1. The Labute approximate surface area is 121 Å². The SMILES string of the molecule is CNC1C(Sc2nc(C)c(C)c(C)n2)CCC1(C)C. The molecule has 1 heterocycles. The molecule has 1 aromatic rings.